The van der Waals surface area contributed by atoms with E-state index in [0.29, 0.717) is 29.5 Å². The Morgan fingerprint density at radius 2 is 1.77 bits per heavy atom. The molecule has 3 aliphatic rings. The van der Waals surface area contributed by atoms with E-state index in [2.05, 4.69) is 28.7 Å². The Bertz CT molecular complexity index is 867. The van der Waals surface area contributed by atoms with Crippen LogP contribution in [0.2, 0.25) is 0 Å². The van der Waals surface area contributed by atoms with Gasteiger partial charge in [-0.05, 0) is 43.7 Å². The minimum Gasteiger partial charge on any atom is -0.457 e. The van der Waals surface area contributed by atoms with E-state index in [0.717, 1.165) is 11.5 Å². The molecule has 2 fully saturated rings. The number of para-hydroxylation sites is 1. The van der Waals surface area contributed by atoms with Crippen LogP contribution < -0.4 is 15.8 Å². The van der Waals surface area contributed by atoms with Crippen molar-refractivity contribution in [3.05, 3.63) is 59.2 Å². The minimum absolute atomic E-state index is 0.103. The van der Waals surface area contributed by atoms with Crippen LogP contribution in [0.4, 0.5) is 0 Å². The molecule has 2 aromatic carbocycles. The molecule has 4 N–H and O–H groups in total. The first-order valence-electron chi connectivity index (χ1n) is 9.37. The second kappa shape index (κ2) is 6.02. The summed E-state index contributed by atoms with van der Waals surface area (Å²) in [7, 11) is 0. The molecule has 2 saturated heterocycles. The number of hydrogen-bond donors (Lipinski definition) is 3. The third-order valence-corrected chi connectivity index (χ3v) is 6.21. The Morgan fingerprint density at radius 3 is 2.54 bits per heavy atom. The number of fused-ring (bicyclic) bond motifs is 4. The number of nitrogens with zero attached hydrogens (tertiary/aromatic N) is 1. The van der Waals surface area contributed by atoms with Gasteiger partial charge in [0.25, 0.3) is 0 Å². The molecule has 3 aliphatic heterocycles. The monoisotopic (exact) mass is 349 g/mol. The summed E-state index contributed by atoms with van der Waals surface area (Å²) in [5.74, 6) is 2.79. The fourth-order valence-corrected chi connectivity index (χ4v) is 5.09. The molecule has 0 aromatic heterocycles. The first kappa shape index (κ1) is 15.7. The van der Waals surface area contributed by atoms with Crippen LogP contribution in [0.15, 0.2) is 47.6 Å². The molecule has 0 aliphatic carbocycles. The Morgan fingerprint density at radius 1 is 1.04 bits per heavy atom. The van der Waals surface area contributed by atoms with Gasteiger partial charge < -0.3 is 21.0 Å². The molecule has 3 atom stereocenters. The minimum atomic E-state index is 0.103. The number of benzene rings is 2. The van der Waals surface area contributed by atoms with E-state index in [1.165, 1.54) is 36.8 Å². The third-order valence-electron chi connectivity index (χ3n) is 6.21. The van der Waals surface area contributed by atoms with Crippen LogP contribution in [0.3, 0.4) is 0 Å². The van der Waals surface area contributed by atoms with Crippen LogP contribution in [-0.2, 0) is 0 Å². The average molecular weight is 349 g/mol. The Balaban J connectivity index is 1.60. The van der Waals surface area contributed by atoms with E-state index >= 15 is 0 Å². The highest BCUT2D eigenvalue weighted by Crippen LogP contribution is 2.51. The number of piperidine rings is 1. The number of hydrogen-bond acceptors (Lipinski definition) is 4. The summed E-state index contributed by atoms with van der Waals surface area (Å²) in [6.45, 7) is 0. The van der Waals surface area contributed by atoms with Gasteiger partial charge in [0.1, 0.15) is 11.5 Å². The fraction of sp³-hybridized carbons (Fsp3) is 0.381. The molecule has 0 radical (unpaired) electrons. The van der Waals surface area contributed by atoms with Gasteiger partial charge in [-0.1, -0.05) is 35.5 Å². The predicted molar refractivity (Wildman–Crippen MR) is 100.0 cm³/mol. The first-order valence-corrected chi connectivity index (χ1v) is 9.37. The van der Waals surface area contributed by atoms with Gasteiger partial charge >= 0.3 is 0 Å². The van der Waals surface area contributed by atoms with Crippen LogP contribution in [-0.4, -0.2) is 23.1 Å². The van der Waals surface area contributed by atoms with Crippen molar-refractivity contribution in [1.29, 1.82) is 0 Å². The van der Waals surface area contributed by atoms with Crippen molar-refractivity contribution in [3.63, 3.8) is 0 Å². The third kappa shape index (κ3) is 2.46. The molecule has 2 bridgehead atoms. The predicted octanol–water partition coefficient (Wildman–Crippen LogP) is 3.55. The van der Waals surface area contributed by atoms with Crippen molar-refractivity contribution in [3.8, 4) is 11.5 Å². The standard InChI is InChI=1S/C21H23N3O2/c22-21(24-25)12-5-8-17-19(11-12)26-18-4-2-1-3-16(18)20(17)13-9-14-6-7-15(10-13)23-14/h1-5,8,11,13-15,20,23,25H,6-7,9-10H2,(H2,22,24). The second-order valence-corrected chi connectivity index (χ2v) is 7.72. The zero-order valence-electron chi connectivity index (χ0n) is 14.6. The summed E-state index contributed by atoms with van der Waals surface area (Å²) in [4.78, 5) is 0. The topological polar surface area (TPSA) is 79.9 Å². The van der Waals surface area contributed by atoms with Crippen LogP contribution in [0.5, 0.6) is 11.5 Å². The molecule has 2 aromatic rings. The van der Waals surface area contributed by atoms with Crippen LogP contribution in [0, 0.1) is 5.92 Å². The van der Waals surface area contributed by atoms with Crippen molar-refractivity contribution in [1.82, 2.24) is 5.32 Å². The van der Waals surface area contributed by atoms with Gasteiger partial charge in [0, 0.05) is 34.7 Å². The van der Waals surface area contributed by atoms with Gasteiger partial charge in [0.2, 0.25) is 0 Å². The van der Waals surface area contributed by atoms with E-state index in [1.54, 1.807) is 0 Å². The zero-order chi connectivity index (χ0) is 17.7. The van der Waals surface area contributed by atoms with Crippen LogP contribution >= 0.6 is 0 Å². The van der Waals surface area contributed by atoms with Crippen molar-refractivity contribution in [2.24, 2.45) is 16.8 Å². The summed E-state index contributed by atoms with van der Waals surface area (Å²) in [6.07, 6.45) is 5.00. The van der Waals surface area contributed by atoms with Gasteiger partial charge in [-0.25, -0.2) is 0 Å². The summed E-state index contributed by atoms with van der Waals surface area (Å²) in [6, 6.07) is 15.6. The molecule has 5 rings (SSSR count). The van der Waals surface area contributed by atoms with Crippen LogP contribution in [0.25, 0.3) is 0 Å². The number of rotatable bonds is 2. The highest BCUT2D eigenvalue weighted by molar-refractivity contribution is 5.97. The summed E-state index contributed by atoms with van der Waals surface area (Å²) >= 11 is 0. The molecule has 3 unspecified atom stereocenters. The first-order chi connectivity index (χ1) is 12.7. The van der Waals surface area contributed by atoms with Crippen molar-refractivity contribution < 1.29 is 9.94 Å². The number of amidine groups is 1. The van der Waals surface area contributed by atoms with E-state index in [1.807, 2.05) is 24.3 Å². The SMILES string of the molecule is N/C(=N\O)c1ccc2c(c1)Oc1ccccc1C2C1CC2CCC(C1)N2. The maximum atomic E-state index is 8.99. The van der Waals surface area contributed by atoms with E-state index in [9.17, 15) is 0 Å². The lowest BCUT2D eigenvalue weighted by Gasteiger charge is -2.38. The van der Waals surface area contributed by atoms with Crippen molar-refractivity contribution in [2.75, 3.05) is 0 Å². The van der Waals surface area contributed by atoms with Crippen LogP contribution in [0.1, 0.15) is 48.3 Å². The van der Waals surface area contributed by atoms with E-state index in [4.69, 9.17) is 15.7 Å². The quantitative estimate of drug-likeness (QED) is 0.335. The second-order valence-electron chi connectivity index (χ2n) is 7.72. The Labute approximate surface area is 152 Å². The molecular weight excluding hydrogens is 326 g/mol. The molecule has 3 heterocycles. The molecule has 5 nitrogen and oxygen atoms in total. The lowest BCUT2D eigenvalue weighted by atomic mass is 9.73. The van der Waals surface area contributed by atoms with Crippen molar-refractivity contribution >= 4 is 5.84 Å². The van der Waals surface area contributed by atoms with Gasteiger partial charge in [-0.3, -0.25) is 0 Å². The molecule has 0 spiro atoms. The van der Waals surface area contributed by atoms with Gasteiger partial charge in [0.05, 0.1) is 0 Å². The highest BCUT2D eigenvalue weighted by Gasteiger charge is 2.41. The number of nitrogens with two attached hydrogens (primary N) is 1. The van der Waals surface area contributed by atoms with Gasteiger partial charge in [-0.15, -0.1) is 0 Å². The Hall–Kier alpha value is -2.53. The normalized spacial score (nSPS) is 29.6. The summed E-state index contributed by atoms with van der Waals surface area (Å²) < 4.78 is 6.20. The maximum absolute atomic E-state index is 8.99. The molecule has 5 heteroatoms. The zero-order valence-corrected chi connectivity index (χ0v) is 14.6. The number of oxime groups is 1. The summed E-state index contributed by atoms with van der Waals surface area (Å²) in [5, 5.41) is 15.9. The lowest BCUT2D eigenvalue weighted by Crippen LogP contribution is -2.40. The smallest absolute Gasteiger partial charge is 0.170 e. The largest absolute Gasteiger partial charge is 0.457 e. The molecule has 134 valence electrons. The van der Waals surface area contributed by atoms with Gasteiger partial charge in [0.15, 0.2) is 5.84 Å². The van der Waals surface area contributed by atoms with Gasteiger partial charge in [-0.2, -0.15) is 0 Å². The maximum Gasteiger partial charge on any atom is 0.170 e. The molecule has 0 amide bonds. The lowest BCUT2D eigenvalue weighted by molar-refractivity contribution is 0.267. The molecule has 0 saturated carbocycles. The van der Waals surface area contributed by atoms with E-state index < -0.39 is 0 Å². The average Bonchev–Trinajstić information content (AvgIpc) is 3.02. The number of ether oxygens (including phenoxy) is 1. The van der Waals surface area contributed by atoms with E-state index in [-0.39, 0.29) is 5.84 Å². The summed E-state index contributed by atoms with van der Waals surface area (Å²) in [5.41, 5.74) is 8.95. The van der Waals surface area contributed by atoms with Crippen molar-refractivity contribution in [2.45, 2.75) is 43.7 Å². The number of nitrogens with one attached hydrogen (secondary N) is 1. The molecular formula is C21H23N3O2. The highest BCUT2D eigenvalue weighted by atomic mass is 16.5. The Kier molecular flexibility index (Phi) is 3.64. The molecule has 26 heavy (non-hydrogen) atoms. The fourth-order valence-electron chi connectivity index (χ4n) is 5.09.